The highest BCUT2D eigenvalue weighted by atomic mass is 35.5. The fourth-order valence-corrected chi connectivity index (χ4v) is 3.34. The fourth-order valence-electron chi connectivity index (χ4n) is 3.15. The van der Waals surface area contributed by atoms with Gasteiger partial charge in [0.25, 0.3) is 0 Å². The Balaban J connectivity index is 1.76. The molecule has 4 aromatic rings. The molecule has 3 heterocycles. The molecule has 0 aliphatic carbocycles. The summed E-state index contributed by atoms with van der Waals surface area (Å²) in [5.41, 5.74) is 0.843. The molecular formula is C22H20ClF2N5O2. The molecule has 0 aliphatic rings. The number of aryl methyl sites for hydroxylation is 1. The zero-order chi connectivity index (χ0) is 22.9. The number of aromatic nitrogens is 5. The van der Waals surface area contributed by atoms with Crippen LogP contribution in [-0.4, -0.2) is 35.6 Å². The second-order valence-corrected chi connectivity index (χ2v) is 8.32. The van der Waals surface area contributed by atoms with Crippen LogP contribution in [0.3, 0.4) is 0 Å². The van der Waals surface area contributed by atoms with Crippen molar-refractivity contribution in [2.24, 2.45) is 0 Å². The first kappa shape index (κ1) is 22.0. The molecule has 166 valence electrons. The van der Waals surface area contributed by atoms with Crippen LogP contribution < -0.4 is 0 Å². The van der Waals surface area contributed by atoms with Gasteiger partial charge in [-0.2, -0.15) is 5.10 Å². The standard InChI is InChI=1S/C22H20ClF2N5O2/c1-22(2,31)9-7-16-19(25)20(23)27-21(26-16)17-11-18(15-8-10-32-29-15)30(28-17)12-13-5-3-4-6-14(13)24/h3-6,8,10-11,31H,7,9,12H2,1-2H3. The van der Waals surface area contributed by atoms with E-state index in [9.17, 15) is 13.9 Å². The Labute approximate surface area is 187 Å². The molecule has 0 saturated heterocycles. The van der Waals surface area contributed by atoms with Crippen molar-refractivity contribution in [1.29, 1.82) is 0 Å². The minimum atomic E-state index is -0.995. The van der Waals surface area contributed by atoms with E-state index >= 15 is 0 Å². The topological polar surface area (TPSA) is 89.9 Å². The van der Waals surface area contributed by atoms with Crippen molar-refractivity contribution in [1.82, 2.24) is 24.9 Å². The van der Waals surface area contributed by atoms with Gasteiger partial charge >= 0.3 is 0 Å². The fraction of sp³-hybridized carbons (Fsp3) is 0.273. The van der Waals surface area contributed by atoms with Crippen molar-refractivity contribution in [3.63, 3.8) is 0 Å². The molecule has 0 unspecified atom stereocenters. The van der Waals surface area contributed by atoms with E-state index in [1.807, 2.05) is 0 Å². The van der Waals surface area contributed by atoms with Crippen LogP contribution in [0.15, 0.2) is 47.2 Å². The van der Waals surface area contributed by atoms with Crippen LogP contribution in [0.4, 0.5) is 8.78 Å². The Morgan fingerprint density at radius 1 is 1.12 bits per heavy atom. The van der Waals surface area contributed by atoms with E-state index in [0.29, 0.717) is 22.6 Å². The number of nitrogens with zero attached hydrogens (tertiary/aromatic N) is 5. The minimum absolute atomic E-state index is 0.0776. The molecule has 4 rings (SSSR count). The number of hydrogen-bond donors (Lipinski definition) is 1. The van der Waals surface area contributed by atoms with Crippen LogP contribution in [0, 0.1) is 11.6 Å². The lowest BCUT2D eigenvalue weighted by molar-refractivity contribution is 0.0708. The van der Waals surface area contributed by atoms with Crippen LogP contribution in [-0.2, 0) is 13.0 Å². The average Bonchev–Trinajstić information content (AvgIpc) is 3.40. The highest BCUT2D eigenvalue weighted by molar-refractivity contribution is 6.29. The third-order valence-corrected chi connectivity index (χ3v) is 5.09. The normalized spacial score (nSPS) is 11.8. The molecule has 0 amide bonds. The van der Waals surface area contributed by atoms with E-state index in [2.05, 4.69) is 20.2 Å². The molecular weight excluding hydrogens is 440 g/mol. The molecule has 32 heavy (non-hydrogen) atoms. The lowest BCUT2D eigenvalue weighted by atomic mass is 10.0. The quantitative estimate of drug-likeness (QED) is 0.404. The van der Waals surface area contributed by atoms with E-state index in [-0.39, 0.29) is 41.9 Å². The maximum absolute atomic E-state index is 14.5. The summed E-state index contributed by atoms with van der Waals surface area (Å²) in [6, 6.07) is 9.66. The molecule has 1 N–H and O–H groups in total. The minimum Gasteiger partial charge on any atom is -0.390 e. The maximum Gasteiger partial charge on any atom is 0.181 e. The van der Waals surface area contributed by atoms with E-state index in [0.717, 1.165) is 0 Å². The second-order valence-electron chi connectivity index (χ2n) is 7.96. The van der Waals surface area contributed by atoms with E-state index in [1.165, 1.54) is 12.3 Å². The van der Waals surface area contributed by atoms with E-state index in [1.54, 1.807) is 48.9 Å². The summed E-state index contributed by atoms with van der Waals surface area (Å²) in [6.07, 6.45) is 1.86. The summed E-state index contributed by atoms with van der Waals surface area (Å²) in [6.45, 7) is 3.38. The molecule has 0 bridgehead atoms. The van der Waals surface area contributed by atoms with Gasteiger partial charge < -0.3 is 9.63 Å². The molecule has 0 spiro atoms. The van der Waals surface area contributed by atoms with Gasteiger partial charge in [-0.25, -0.2) is 18.7 Å². The summed E-state index contributed by atoms with van der Waals surface area (Å²) in [7, 11) is 0. The van der Waals surface area contributed by atoms with Crippen molar-refractivity contribution < 1.29 is 18.4 Å². The third-order valence-electron chi connectivity index (χ3n) is 4.84. The Kier molecular flexibility index (Phi) is 6.03. The smallest absolute Gasteiger partial charge is 0.181 e. The lowest BCUT2D eigenvalue weighted by Crippen LogP contribution is -2.20. The van der Waals surface area contributed by atoms with E-state index < -0.39 is 11.4 Å². The molecule has 7 nitrogen and oxygen atoms in total. The Hall–Kier alpha value is -3.17. The number of rotatable bonds is 7. The molecule has 10 heteroatoms. The number of hydrogen-bond acceptors (Lipinski definition) is 6. The van der Waals surface area contributed by atoms with Crippen molar-refractivity contribution >= 4 is 11.6 Å². The Morgan fingerprint density at radius 2 is 1.91 bits per heavy atom. The van der Waals surface area contributed by atoms with Crippen LogP contribution in [0.25, 0.3) is 22.9 Å². The van der Waals surface area contributed by atoms with Crippen molar-refractivity contribution in [3.05, 3.63) is 70.7 Å². The van der Waals surface area contributed by atoms with Crippen LogP contribution >= 0.6 is 11.6 Å². The zero-order valence-electron chi connectivity index (χ0n) is 17.4. The molecule has 3 aromatic heterocycles. The molecule has 0 aliphatic heterocycles. The van der Waals surface area contributed by atoms with E-state index in [4.69, 9.17) is 16.1 Å². The Bertz CT molecular complexity index is 1240. The highest BCUT2D eigenvalue weighted by Gasteiger charge is 2.21. The maximum atomic E-state index is 14.5. The SMILES string of the molecule is CC(C)(O)CCc1nc(-c2cc(-c3ccon3)n(Cc3ccccc3F)n2)nc(Cl)c1F. The van der Waals surface area contributed by atoms with Crippen LogP contribution in [0.1, 0.15) is 31.5 Å². The highest BCUT2D eigenvalue weighted by Crippen LogP contribution is 2.27. The van der Waals surface area contributed by atoms with Gasteiger partial charge in [0, 0.05) is 11.6 Å². The molecule has 0 saturated carbocycles. The average molecular weight is 460 g/mol. The molecule has 0 radical (unpaired) electrons. The predicted molar refractivity (Wildman–Crippen MR) is 114 cm³/mol. The molecule has 0 fully saturated rings. The zero-order valence-corrected chi connectivity index (χ0v) is 18.1. The van der Waals surface area contributed by atoms with Gasteiger partial charge in [-0.05, 0) is 38.8 Å². The number of benzene rings is 1. The van der Waals surface area contributed by atoms with Crippen LogP contribution in [0.5, 0.6) is 0 Å². The number of halogens is 3. The summed E-state index contributed by atoms with van der Waals surface area (Å²) < 4.78 is 35.2. The first-order valence-electron chi connectivity index (χ1n) is 9.88. The van der Waals surface area contributed by atoms with Crippen molar-refractivity contribution in [2.75, 3.05) is 0 Å². The third kappa shape index (κ3) is 4.84. The Morgan fingerprint density at radius 3 is 2.59 bits per heavy atom. The molecule has 0 atom stereocenters. The largest absolute Gasteiger partial charge is 0.390 e. The van der Waals surface area contributed by atoms with Gasteiger partial charge in [0.15, 0.2) is 16.8 Å². The van der Waals surface area contributed by atoms with Gasteiger partial charge in [-0.15, -0.1) is 0 Å². The summed E-state index contributed by atoms with van der Waals surface area (Å²) in [5, 5.41) is 18.1. The first-order chi connectivity index (χ1) is 15.2. The van der Waals surface area contributed by atoms with Gasteiger partial charge in [0.1, 0.15) is 23.5 Å². The predicted octanol–water partition coefficient (Wildman–Crippen LogP) is 4.68. The van der Waals surface area contributed by atoms with Gasteiger partial charge in [0.05, 0.1) is 23.5 Å². The van der Waals surface area contributed by atoms with Gasteiger partial charge in [-0.3, -0.25) is 4.68 Å². The summed E-state index contributed by atoms with van der Waals surface area (Å²) in [4.78, 5) is 8.32. The summed E-state index contributed by atoms with van der Waals surface area (Å²) >= 11 is 6.02. The lowest BCUT2D eigenvalue weighted by Gasteiger charge is -2.16. The van der Waals surface area contributed by atoms with Crippen molar-refractivity contribution in [3.8, 4) is 22.9 Å². The second kappa shape index (κ2) is 8.76. The van der Waals surface area contributed by atoms with Gasteiger partial charge in [-0.1, -0.05) is 35.0 Å². The summed E-state index contributed by atoms with van der Waals surface area (Å²) in [5.74, 6) is -0.994. The number of aliphatic hydroxyl groups is 1. The first-order valence-corrected chi connectivity index (χ1v) is 10.3. The van der Waals surface area contributed by atoms with Gasteiger partial charge in [0.2, 0.25) is 0 Å². The van der Waals surface area contributed by atoms with Crippen molar-refractivity contribution in [2.45, 2.75) is 38.8 Å². The molecule has 1 aromatic carbocycles. The monoisotopic (exact) mass is 459 g/mol. The van der Waals surface area contributed by atoms with Crippen LogP contribution in [0.2, 0.25) is 5.15 Å².